The van der Waals surface area contributed by atoms with Gasteiger partial charge in [0.25, 0.3) is 5.91 Å². The number of amides is 1. The Balaban J connectivity index is 1.80. The van der Waals surface area contributed by atoms with Gasteiger partial charge >= 0.3 is 5.97 Å². The number of aromatic nitrogens is 2. The minimum Gasteiger partial charge on any atom is -0.480 e. The summed E-state index contributed by atoms with van der Waals surface area (Å²) in [4.78, 5) is 23.9. The number of nitrogens with one attached hydrogen (secondary N) is 2. The van der Waals surface area contributed by atoms with Gasteiger partial charge in [-0.1, -0.05) is 24.3 Å². The first-order valence-corrected chi connectivity index (χ1v) is 7.25. The Hall–Kier alpha value is -3.22. The number of fused-ring (bicyclic) bond motifs is 1. The standard InChI is InChI=1S/C17H14FN3O3/c18-12-6-4-10(5-7-12)8-14(17(23)24)20-16(22)13-3-1-2-11-9-19-21-15(11)13/h1-7,9,14H,8H2,(H,19,21)(H,20,22)(H,23,24)/t14-/m0/s1. The van der Waals surface area contributed by atoms with Crippen LogP contribution in [0.2, 0.25) is 0 Å². The summed E-state index contributed by atoms with van der Waals surface area (Å²) in [5, 5.41) is 19.2. The molecule has 0 aliphatic carbocycles. The summed E-state index contributed by atoms with van der Waals surface area (Å²) in [7, 11) is 0. The normalized spacial score (nSPS) is 12.0. The van der Waals surface area contributed by atoms with Gasteiger partial charge in [-0.3, -0.25) is 9.89 Å². The highest BCUT2D eigenvalue weighted by atomic mass is 19.1. The number of benzene rings is 2. The summed E-state index contributed by atoms with van der Waals surface area (Å²) in [6.45, 7) is 0. The van der Waals surface area contributed by atoms with Crippen molar-refractivity contribution in [1.82, 2.24) is 15.5 Å². The molecule has 7 heteroatoms. The molecule has 0 spiro atoms. The van der Waals surface area contributed by atoms with Gasteiger partial charge in [-0.05, 0) is 23.8 Å². The molecule has 0 unspecified atom stereocenters. The van der Waals surface area contributed by atoms with Crippen molar-refractivity contribution in [3.8, 4) is 0 Å². The largest absolute Gasteiger partial charge is 0.480 e. The number of carboxylic acid groups (broad SMARTS) is 1. The third kappa shape index (κ3) is 3.24. The number of para-hydroxylation sites is 1. The zero-order valence-electron chi connectivity index (χ0n) is 12.5. The van der Waals surface area contributed by atoms with Crippen LogP contribution in [-0.4, -0.2) is 33.2 Å². The molecule has 1 heterocycles. The quantitative estimate of drug-likeness (QED) is 0.669. The third-order valence-electron chi connectivity index (χ3n) is 3.68. The molecule has 122 valence electrons. The van der Waals surface area contributed by atoms with Crippen molar-refractivity contribution in [3.63, 3.8) is 0 Å². The zero-order chi connectivity index (χ0) is 17.1. The van der Waals surface area contributed by atoms with Crippen LogP contribution in [-0.2, 0) is 11.2 Å². The van der Waals surface area contributed by atoms with Gasteiger partial charge in [-0.2, -0.15) is 5.10 Å². The van der Waals surface area contributed by atoms with Crippen molar-refractivity contribution in [1.29, 1.82) is 0 Å². The van der Waals surface area contributed by atoms with E-state index in [9.17, 15) is 19.1 Å². The number of carbonyl (C=O) groups is 2. The predicted molar refractivity (Wildman–Crippen MR) is 85.1 cm³/mol. The van der Waals surface area contributed by atoms with Gasteiger partial charge in [0.2, 0.25) is 0 Å². The Morgan fingerprint density at radius 1 is 1.21 bits per heavy atom. The van der Waals surface area contributed by atoms with E-state index in [0.717, 1.165) is 5.39 Å². The smallest absolute Gasteiger partial charge is 0.326 e. The van der Waals surface area contributed by atoms with Crippen molar-refractivity contribution in [2.24, 2.45) is 0 Å². The van der Waals surface area contributed by atoms with Crippen LogP contribution in [0, 0.1) is 5.82 Å². The third-order valence-corrected chi connectivity index (χ3v) is 3.68. The van der Waals surface area contributed by atoms with Crippen LogP contribution in [0.4, 0.5) is 4.39 Å². The summed E-state index contributed by atoms with van der Waals surface area (Å²) < 4.78 is 12.9. The van der Waals surface area contributed by atoms with Gasteiger partial charge in [-0.25, -0.2) is 9.18 Å². The van der Waals surface area contributed by atoms with Crippen LogP contribution in [0.25, 0.3) is 10.9 Å². The number of carbonyl (C=O) groups excluding carboxylic acids is 1. The second kappa shape index (κ2) is 6.49. The molecule has 0 saturated heterocycles. The molecule has 0 saturated carbocycles. The van der Waals surface area contributed by atoms with E-state index in [-0.39, 0.29) is 6.42 Å². The number of halogens is 1. The molecule has 0 fully saturated rings. The summed E-state index contributed by atoms with van der Waals surface area (Å²) >= 11 is 0. The van der Waals surface area contributed by atoms with E-state index < -0.39 is 23.7 Å². The van der Waals surface area contributed by atoms with E-state index in [0.29, 0.717) is 16.6 Å². The molecule has 1 amide bonds. The van der Waals surface area contributed by atoms with Gasteiger partial charge in [0.15, 0.2) is 0 Å². The average molecular weight is 327 g/mol. The molecule has 3 N–H and O–H groups in total. The molecular weight excluding hydrogens is 313 g/mol. The Kier molecular flexibility index (Phi) is 4.24. The zero-order valence-corrected chi connectivity index (χ0v) is 12.5. The van der Waals surface area contributed by atoms with Crippen LogP contribution in [0.3, 0.4) is 0 Å². The molecule has 1 aromatic heterocycles. The summed E-state index contributed by atoms with van der Waals surface area (Å²) in [6, 6.07) is 9.45. The lowest BCUT2D eigenvalue weighted by molar-refractivity contribution is -0.139. The molecule has 24 heavy (non-hydrogen) atoms. The SMILES string of the molecule is O=C(N[C@@H](Cc1ccc(F)cc1)C(=O)O)c1cccc2cn[nH]c12. The fourth-order valence-corrected chi connectivity index (χ4v) is 2.45. The molecule has 0 aliphatic heterocycles. The number of aliphatic carboxylic acids is 1. The van der Waals surface area contributed by atoms with Crippen LogP contribution in [0.15, 0.2) is 48.7 Å². The maximum atomic E-state index is 12.9. The predicted octanol–water partition coefficient (Wildman–Crippen LogP) is 2.13. The van der Waals surface area contributed by atoms with Crippen molar-refractivity contribution in [2.75, 3.05) is 0 Å². The van der Waals surface area contributed by atoms with Gasteiger partial charge in [0.05, 0.1) is 17.3 Å². The molecule has 0 bridgehead atoms. The molecular formula is C17H14FN3O3. The number of hydrogen-bond acceptors (Lipinski definition) is 3. The van der Waals surface area contributed by atoms with E-state index in [4.69, 9.17) is 0 Å². The lowest BCUT2D eigenvalue weighted by Crippen LogP contribution is -2.42. The van der Waals surface area contributed by atoms with E-state index in [1.165, 1.54) is 24.3 Å². The number of nitrogens with zero attached hydrogens (tertiary/aromatic N) is 1. The van der Waals surface area contributed by atoms with Crippen molar-refractivity contribution in [2.45, 2.75) is 12.5 Å². The van der Waals surface area contributed by atoms with Crippen molar-refractivity contribution in [3.05, 3.63) is 65.6 Å². The highest BCUT2D eigenvalue weighted by Crippen LogP contribution is 2.16. The lowest BCUT2D eigenvalue weighted by Gasteiger charge is -2.15. The van der Waals surface area contributed by atoms with Crippen LogP contribution < -0.4 is 5.32 Å². The average Bonchev–Trinajstić information content (AvgIpc) is 3.04. The Bertz CT molecular complexity index is 889. The minimum absolute atomic E-state index is 0.0559. The summed E-state index contributed by atoms with van der Waals surface area (Å²) in [5.41, 5.74) is 1.47. The van der Waals surface area contributed by atoms with E-state index >= 15 is 0 Å². The van der Waals surface area contributed by atoms with Crippen LogP contribution in [0.1, 0.15) is 15.9 Å². The molecule has 6 nitrogen and oxygen atoms in total. The van der Waals surface area contributed by atoms with Gasteiger partial charge in [-0.15, -0.1) is 0 Å². The van der Waals surface area contributed by atoms with E-state index in [1.54, 1.807) is 24.4 Å². The number of H-pyrrole nitrogens is 1. The van der Waals surface area contributed by atoms with Crippen LogP contribution in [0.5, 0.6) is 0 Å². The first kappa shape index (κ1) is 15.7. The number of hydrogen-bond donors (Lipinski definition) is 3. The Morgan fingerprint density at radius 3 is 2.67 bits per heavy atom. The maximum Gasteiger partial charge on any atom is 0.326 e. The maximum absolute atomic E-state index is 12.9. The first-order valence-electron chi connectivity index (χ1n) is 7.25. The highest BCUT2D eigenvalue weighted by molar-refractivity contribution is 6.06. The molecule has 0 aliphatic rings. The summed E-state index contributed by atoms with van der Waals surface area (Å²) in [5.74, 6) is -2.08. The second-order valence-electron chi connectivity index (χ2n) is 5.33. The van der Waals surface area contributed by atoms with Crippen molar-refractivity contribution >= 4 is 22.8 Å². The molecule has 3 aromatic rings. The number of aromatic amines is 1. The fourth-order valence-electron chi connectivity index (χ4n) is 2.45. The Morgan fingerprint density at radius 2 is 1.96 bits per heavy atom. The number of carboxylic acids is 1. The van der Waals surface area contributed by atoms with Crippen LogP contribution >= 0.6 is 0 Å². The van der Waals surface area contributed by atoms with Gasteiger partial charge in [0, 0.05) is 11.8 Å². The Labute approximate surface area is 136 Å². The fraction of sp³-hybridized carbons (Fsp3) is 0.118. The van der Waals surface area contributed by atoms with E-state index in [2.05, 4.69) is 15.5 Å². The monoisotopic (exact) mass is 327 g/mol. The molecule has 0 radical (unpaired) electrons. The first-order chi connectivity index (χ1) is 11.5. The van der Waals surface area contributed by atoms with Gasteiger partial charge < -0.3 is 10.4 Å². The molecule has 3 rings (SSSR count). The molecule has 1 atom stereocenters. The highest BCUT2D eigenvalue weighted by Gasteiger charge is 2.22. The summed E-state index contributed by atoms with van der Waals surface area (Å²) in [6.07, 6.45) is 1.64. The minimum atomic E-state index is -1.16. The van der Waals surface area contributed by atoms with Crippen molar-refractivity contribution < 1.29 is 19.1 Å². The number of rotatable bonds is 5. The van der Waals surface area contributed by atoms with E-state index in [1.807, 2.05) is 0 Å². The second-order valence-corrected chi connectivity index (χ2v) is 5.33. The lowest BCUT2D eigenvalue weighted by atomic mass is 10.0. The topological polar surface area (TPSA) is 95.1 Å². The molecule has 2 aromatic carbocycles. The van der Waals surface area contributed by atoms with Gasteiger partial charge in [0.1, 0.15) is 11.9 Å².